The molecule has 1 amide bonds. The molecule has 0 radical (unpaired) electrons. The van der Waals surface area contributed by atoms with Crippen molar-refractivity contribution in [1.29, 1.82) is 0 Å². The topological polar surface area (TPSA) is 87.3 Å². The zero-order valence-corrected chi connectivity index (χ0v) is 14.5. The van der Waals surface area contributed by atoms with E-state index in [9.17, 15) is 13.2 Å². The quantitative estimate of drug-likeness (QED) is 0.740. The number of carbonyl (C=O) groups excluding carboxylic acids is 1. The first kappa shape index (κ1) is 18.6. The smallest absolute Gasteiger partial charge is 0.241 e. The average Bonchev–Trinajstić information content (AvgIpc) is 2.36. The molecule has 1 rings (SSSR count). The number of hydrogen-bond acceptors (Lipinski definition) is 4. The molecule has 1 aromatic carbocycles. The predicted molar refractivity (Wildman–Crippen MR) is 88.2 cm³/mol. The lowest BCUT2D eigenvalue weighted by atomic mass is 10.1. The molecule has 1 aromatic rings. The molecule has 0 aromatic heterocycles. The van der Waals surface area contributed by atoms with Gasteiger partial charge in [0.2, 0.25) is 15.9 Å². The number of anilines is 1. The van der Waals surface area contributed by atoms with E-state index in [4.69, 9.17) is 0 Å². The van der Waals surface area contributed by atoms with Crippen LogP contribution in [0.3, 0.4) is 0 Å². The molecule has 6 nitrogen and oxygen atoms in total. The standard InChI is InChI=1S/C15H25N3O3S/c1-11(10-16-5)14(19)17-12-7-6-8-13(9-12)22(20,21)18-15(2,3)4/h6-9,11,16,18H,10H2,1-5H3,(H,17,19). The molecule has 0 saturated carbocycles. The zero-order chi connectivity index (χ0) is 17.0. The lowest BCUT2D eigenvalue weighted by Gasteiger charge is -2.20. The molecule has 1 atom stereocenters. The third-order valence-corrected chi connectivity index (χ3v) is 4.57. The first-order valence-electron chi connectivity index (χ1n) is 7.14. The van der Waals surface area contributed by atoms with Crippen molar-refractivity contribution >= 4 is 21.6 Å². The average molecular weight is 327 g/mol. The lowest BCUT2D eigenvalue weighted by molar-refractivity contribution is -0.119. The molecule has 0 fully saturated rings. The van der Waals surface area contributed by atoms with Gasteiger partial charge in [-0.3, -0.25) is 4.79 Å². The molecule has 1 unspecified atom stereocenters. The molecular formula is C15H25N3O3S. The Morgan fingerprint density at radius 3 is 2.45 bits per heavy atom. The summed E-state index contributed by atoms with van der Waals surface area (Å²) in [7, 11) is -1.85. The number of sulfonamides is 1. The van der Waals surface area contributed by atoms with Crippen LogP contribution in [-0.4, -0.2) is 33.5 Å². The maximum Gasteiger partial charge on any atom is 0.241 e. The van der Waals surface area contributed by atoms with E-state index in [-0.39, 0.29) is 16.7 Å². The van der Waals surface area contributed by atoms with Crippen LogP contribution in [0.25, 0.3) is 0 Å². The molecule has 0 aliphatic carbocycles. The monoisotopic (exact) mass is 327 g/mol. The summed E-state index contributed by atoms with van der Waals surface area (Å²) in [5.41, 5.74) is -0.107. The van der Waals surface area contributed by atoms with E-state index in [1.165, 1.54) is 12.1 Å². The molecule has 0 aliphatic heterocycles. The van der Waals surface area contributed by atoms with Crippen LogP contribution >= 0.6 is 0 Å². The Labute approximate surface area is 132 Å². The Bertz CT molecular complexity index is 621. The first-order valence-corrected chi connectivity index (χ1v) is 8.63. The van der Waals surface area contributed by atoms with Crippen LogP contribution in [0.1, 0.15) is 27.7 Å². The minimum atomic E-state index is -3.62. The van der Waals surface area contributed by atoms with Crippen molar-refractivity contribution in [2.24, 2.45) is 5.92 Å². The minimum absolute atomic E-state index is 0.126. The minimum Gasteiger partial charge on any atom is -0.326 e. The Morgan fingerprint density at radius 1 is 1.27 bits per heavy atom. The Balaban J connectivity index is 2.93. The van der Waals surface area contributed by atoms with Crippen molar-refractivity contribution < 1.29 is 13.2 Å². The van der Waals surface area contributed by atoms with Crippen LogP contribution in [0.2, 0.25) is 0 Å². The van der Waals surface area contributed by atoms with E-state index in [1.54, 1.807) is 46.9 Å². The van der Waals surface area contributed by atoms with E-state index < -0.39 is 15.6 Å². The van der Waals surface area contributed by atoms with Gasteiger partial charge in [0.1, 0.15) is 0 Å². The van der Waals surface area contributed by atoms with Gasteiger partial charge >= 0.3 is 0 Å². The van der Waals surface area contributed by atoms with Gasteiger partial charge in [-0.1, -0.05) is 13.0 Å². The summed E-state index contributed by atoms with van der Waals surface area (Å²) in [6.07, 6.45) is 0. The highest BCUT2D eigenvalue weighted by molar-refractivity contribution is 7.89. The number of benzene rings is 1. The van der Waals surface area contributed by atoms with E-state index in [0.29, 0.717) is 12.2 Å². The molecular weight excluding hydrogens is 302 g/mol. The van der Waals surface area contributed by atoms with E-state index in [0.717, 1.165) is 0 Å². The summed E-state index contributed by atoms with van der Waals surface area (Å²) in [6.45, 7) is 7.67. The van der Waals surface area contributed by atoms with Crippen LogP contribution in [0, 0.1) is 5.92 Å². The van der Waals surface area contributed by atoms with Gasteiger partial charge in [0.05, 0.1) is 4.90 Å². The van der Waals surface area contributed by atoms with Crippen molar-refractivity contribution in [3.05, 3.63) is 24.3 Å². The maximum absolute atomic E-state index is 12.3. The number of rotatable bonds is 6. The molecule has 0 bridgehead atoms. The zero-order valence-electron chi connectivity index (χ0n) is 13.7. The van der Waals surface area contributed by atoms with Crippen molar-refractivity contribution in [2.75, 3.05) is 18.9 Å². The number of amides is 1. The second-order valence-electron chi connectivity index (χ2n) is 6.33. The molecule has 124 valence electrons. The SMILES string of the molecule is CNCC(C)C(=O)Nc1cccc(S(=O)(=O)NC(C)(C)C)c1. The van der Waals surface area contributed by atoms with Crippen molar-refractivity contribution in [2.45, 2.75) is 38.1 Å². The lowest BCUT2D eigenvalue weighted by Crippen LogP contribution is -2.40. The Morgan fingerprint density at radius 2 is 1.91 bits per heavy atom. The predicted octanol–water partition coefficient (Wildman–Crippen LogP) is 1.56. The number of carbonyl (C=O) groups is 1. The highest BCUT2D eigenvalue weighted by atomic mass is 32.2. The van der Waals surface area contributed by atoms with Gasteiger partial charge in [0.25, 0.3) is 0 Å². The Kier molecular flexibility index (Phi) is 6.10. The third kappa shape index (κ3) is 5.75. The molecule has 0 heterocycles. The largest absolute Gasteiger partial charge is 0.326 e. The van der Waals surface area contributed by atoms with Crippen LogP contribution in [0.4, 0.5) is 5.69 Å². The fraction of sp³-hybridized carbons (Fsp3) is 0.533. The second-order valence-corrected chi connectivity index (χ2v) is 8.01. The molecule has 0 saturated heterocycles. The van der Waals surface area contributed by atoms with Crippen LogP contribution in [-0.2, 0) is 14.8 Å². The van der Waals surface area contributed by atoms with Gasteiger partial charge in [-0.2, -0.15) is 0 Å². The summed E-state index contributed by atoms with van der Waals surface area (Å²) in [4.78, 5) is 12.1. The molecule has 7 heteroatoms. The Hall–Kier alpha value is -1.44. The van der Waals surface area contributed by atoms with Gasteiger partial charge in [-0.25, -0.2) is 13.1 Å². The van der Waals surface area contributed by atoms with E-state index in [1.807, 2.05) is 0 Å². The summed E-state index contributed by atoms with van der Waals surface area (Å²) in [5.74, 6) is -0.370. The molecule has 3 N–H and O–H groups in total. The van der Waals surface area contributed by atoms with Crippen LogP contribution in [0.5, 0.6) is 0 Å². The van der Waals surface area contributed by atoms with E-state index >= 15 is 0 Å². The molecule has 22 heavy (non-hydrogen) atoms. The van der Waals surface area contributed by atoms with Gasteiger partial charge in [0.15, 0.2) is 0 Å². The fourth-order valence-corrected chi connectivity index (χ4v) is 3.33. The third-order valence-electron chi connectivity index (χ3n) is 2.81. The highest BCUT2D eigenvalue weighted by Gasteiger charge is 2.22. The van der Waals surface area contributed by atoms with Crippen molar-refractivity contribution in [3.8, 4) is 0 Å². The molecule has 0 aliphatic rings. The first-order chi connectivity index (χ1) is 10.0. The summed E-state index contributed by atoms with van der Waals surface area (Å²) in [5, 5.41) is 5.66. The highest BCUT2D eigenvalue weighted by Crippen LogP contribution is 2.18. The van der Waals surface area contributed by atoms with Gasteiger partial charge in [-0.05, 0) is 46.0 Å². The summed E-state index contributed by atoms with van der Waals surface area (Å²) < 4.78 is 27.2. The van der Waals surface area contributed by atoms with Gasteiger partial charge in [0, 0.05) is 23.7 Å². The number of nitrogens with one attached hydrogen (secondary N) is 3. The summed E-state index contributed by atoms with van der Waals surface area (Å²) >= 11 is 0. The van der Waals surface area contributed by atoms with Crippen LogP contribution < -0.4 is 15.4 Å². The van der Waals surface area contributed by atoms with Crippen molar-refractivity contribution in [1.82, 2.24) is 10.0 Å². The van der Waals surface area contributed by atoms with Crippen LogP contribution in [0.15, 0.2) is 29.2 Å². The molecule has 0 spiro atoms. The fourth-order valence-electron chi connectivity index (χ4n) is 1.87. The van der Waals surface area contributed by atoms with Gasteiger partial charge < -0.3 is 10.6 Å². The van der Waals surface area contributed by atoms with Gasteiger partial charge in [-0.15, -0.1) is 0 Å². The normalized spacial score (nSPS) is 13.7. The number of hydrogen-bond donors (Lipinski definition) is 3. The summed E-state index contributed by atoms with van der Waals surface area (Å²) in [6, 6.07) is 6.23. The van der Waals surface area contributed by atoms with Crippen molar-refractivity contribution in [3.63, 3.8) is 0 Å². The van der Waals surface area contributed by atoms with E-state index in [2.05, 4.69) is 15.4 Å². The maximum atomic E-state index is 12.3. The second kappa shape index (κ2) is 7.21.